The molecule has 0 aliphatic heterocycles. The van der Waals surface area contributed by atoms with Crippen LogP contribution in [0.25, 0.3) is 22.2 Å². The Morgan fingerprint density at radius 2 is 1.59 bits per heavy atom. The van der Waals surface area contributed by atoms with Crippen molar-refractivity contribution in [1.82, 2.24) is 14.9 Å². The van der Waals surface area contributed by atoms with Crippen molar-refractivity contribution >= 4 is 28.6 Å². The number of benzene rings is 4. The van der Waals surface area contributed by atoms with E-state index < -0.39 is 5.97 Å². The monoisotopic (exact) mass is 616 g/mol. The molecule has 1 heterocycles. The van der Waals surface area contributed by atoms with Gasteiger partial charge in [-0.3, -0.25) is 4.79 Å². The molecule has 4 aromatic carbocycles. The highest BCUT2D eigenvalue weighted by atomic mass is 16.4. The second-order valence-electron chi connectivity index (χ2n) is 11.8. The summed E-state index contributed by atoms with van der Waals surface area (Å²) >= 11 is 0. The molecule has 7 nitrogen and oxygen atoms in total. The van der Waals surface area contributed by atoms with E-state index in [1.165, 1.54) is 12.8 Å². The van der Waals surface area contributed by atoms with Crippen LogP contribution in [0.5, 0.6) is 0 Å². The van der Waals surface area contributed by atoms with E-state index in [1.54, 1.807) is 6.07 Å². The van der Waals surface area contributed by atoms with Gasteiger partial charge in [0.25, 0.3) is 5.91 Å². The number of amides is 1. The number of carboxylic acids is 1. The second kappa shape index (κ2) is 15.9. The fourth-order valence-electron chi connectivity index (χ4n) is 5.85. The normalized spacial score (nSPS) is 11.1. The van der Waals surface area contributed by atoms with E-state index >= 15 is 0 Å². The van der Waals surface area contributed by atoms with Crippen LogP contribution in [0.15, 0.2) is 91.0 Å². The van der Waals surface area contributed by atoms with Crippen molar-refractivity contribution in [2.75, 3.05) is 11.9 Å². The number of carboxylic acid groups (broad SMARTS) is 1. The highest BCUT2D eigenvalue weighted by Crippen LogP contribution is 2.28. The fourth-order valence-corrected chi connectivity index (χ4v) is 5.85. The first-order valence-corrected chi connectivity index (χ1v) is 16.5. The number of carbonyl (C=O) groups is 2. The van der Waals surface area contributed by atoms with Crippen molar-refractivity contribution < 1.29 is 14.7 Å². The largest absolute Gasteiger partial charge is 0.478 e. The van der Waals surface area contributed by atoms with Crippen LogP contribution < -0.4 is 10.6 Å². The number of anilines is 1. The van der Waals surface area contributed by atoms with E-state index in [0.29, 0.717) is 30.8 Å². The van der Waals surface area contributed by atoms with Gasteiger partial charge >= 0.3 is 5.97 Å². The zero-order valence-corrected chi connectivity index (χ0v) is 26.9. The van der Waals surface area contributed by atoms with Gasteiger partial charge in [-0.2, -0.15) is 0 Å². The summed E-state index contributed by atoms with van der Waals surface area (Å²) in [6, 6.07) is 29.2. The number of rotatable bonds is 16. The van der Waals surface area contributed by atoms with Gasteiger partial charge in [0.2, 0.25) is 0 Å². The van der Waals surface area contributed by atoms with Gasteiger partial charge in [-0.25, -0.2) is 9.78 Å². The maximum absolute atomic E-state index is 13.0. The predicted molar refractivity (Wildman–Crippen MR) is 187 cm³/mol. The number of nitrogens with zero attached hydrogens (tertiary/aromatic N) is 2. The van der Waals surface area contributed by atoms with Crippen LogP contribution in [0, 0.1) is 0 Å². The Morgan fingerprint density at radius 1 is 0.804 bits per heavy atom. The zero-order valence-electron chi connectivity index (χ0n) is 26.9. The minimum Gasteiger partial charge on any atom is -0.478 e. The van der Waals surface area contributed by atoms with E-state index in [4.69, 9.17) is 4.98 Å². The highest BCUT2D eigenvalue weighted by Gasteiger charge is 2.16. The van der Waals surface area contributed by atoms with Gasteiger partial charge in [0.15, 0.2) is 0 Å². The van der Waals surface area contributed by atoms with Gasteiger partial charge in [0.05, 0.1) is 16.6 Å². The quantitative estimate of drug-likeness (QED) is 0.0964. The van der Waals surface area contributed by atoms with Gasteiger partial charge in [0.1, 0.15) is 5.82 Å². The number of aromatic carboxylic acids is 1. The summed E-state index contributed by atoms with van der Waals surface area (Å²) in [4.78, 5) is 30.3. The van der Waals surface area contributed by atoms with Gasteiger partial charge < -0.3 is 20.3 Å². The molecule has 5 rings (SSSR count). The molecule has 0 saturated heterocycles. The van der Waals surface area contributed by atoms with Crippen molar-refractivity contribution in [3.63, 3.8) is 0 Å². The number of nitrogens with one attached hydrogen (secondary N) is 2. The third-order valence-corrected chi connectivity index (χ3v) is 8.38. The summed E-state index contributed by atoms with van der Waals surface area (Å²) in [7, 11) is 0. The summed E-state index contributed by atoms with van der Waals surface area (Å²) < 4.78 is 2.21. The smallest absolute Gasteiger partial charge is 0.336 e. The third-order valence-electron chi connectivity index (χ3n) is 8.38. The molecule has 1 aromatic heterocycles. The number of carbonyl (C=O) groups excluding carboxylic acids is 1. The lowest BCUT2D eigenvalue weighted by Crippen LogP contribution is -2.25. The number of aryl methyl sites for hydroxylation is 1. The summed E-state index contributed by atoms with van der Waals surface area (Å²) in [5.74, 6) is 0.000288. The summed E-state index contributed by atoms with van der Waals surface area (Å²) in [6.07, 6.45) is 7.37. The lowest BCUT2D eigenvalue weighted by atomic mass is 9.97. The molecule has 0 atom stereocenters. The Bertz CT molecular complexity index is 1780. The van der Waals surface area contributed by atoms with Crippen LogP contribution >= 0.6 is 0 Å². The molecule has 0 spiro atoms. The summed E-state index contributed by atoms with van der Waals surface area (Å²) in [5.41, 5.74) is 7.21. The van der Waals surface area contributed by atoms with Crippen LogP contribution in [-0.2, 0) is 19.5 Å². The Labute approximate surface area is 271 Å². The molecule has 0 radical (unpaired) electrons. The lowest BCUT2D eigenvalue weighted by Gasteiger charge is -2.14. The van der Waals surface area contributed by atoms with Crippen LogP contribution in [0.4, 0.5) is 5.69 Å². The van der Waals surface area contributed by atoms with E-state index in [-0.39, 0.29) is 11.5 Å². The minimum atomic E-state index is -0.945. The number of hydrogen-bond acceptors (Lipinski definition) is 4. The van der Waals surface area contributed by atoms with Crippen molar-refractivity contribution in [2.24, 2.45) is 0 Å². The number of aromatic nitrogens is 2. The van der Waals surface area contributed by atoms with Crippen LogP contribution in [-0.4, -0.2) is 33.1 Å². The number of unbranched alkanes of at least 4 members (excludes halogenated alkanes) is 4. The lowest BCUT2D eigenvalue weighted by molar-refractivity contribution is 0.0697. The first kappa shape index (κ1) is 32.5. The Kier molecular flexibility index (Phi) is 11.2. The van der Waals surface area contributed by atoms with Gasteiger partial charge in [-0.05, 0) is 65.4 Å². The summed E-state index contributed by atoms with van der Waals surface area (Å²) in [5, 5.41) is 16.7. The molecule has 0 aliphatic carbocycles. The van der Waals surface area contributed by atoms with E-state index in [1.807, 2.05) is 78.9 Å². The molecule has 0 bridgehead atoms. The first-order valence-electron chi connectivity index (χ1n) is 16.5. The fraction of sp³-hybridized carbons (Fsp3) is 0.308. The number of imidazole rings is 1. The number of hydrogen-bond donors (Lipinski definition) is 3. The molecule has 238 valence electrons. The van der Waals surface area contributed by atoms with Gasteiger partial charge in [-0.15, -0.1) is 0 Å². The van der Waals surface area contributed by atoms with E-state index in [9.17, 15) is 14.7 Å². The maximum Gasteiger partial charge on any atom is 0.336 e. The molecule has 0 unspecified atom stereocenters. The van der Waals surface area contributed by atoms with Crippen LogP contribution in [0.3, 0.4) is 0 Å². The van der Waals surface area contributed by atoms with E-state index in [0.717, 1.165) is 71.3 Å². The molecular formula is C39H44N4O3. The van der Waals surface area contributed by atoms with Crippen molar-refractivity contribution in [2.45, 2.75) is 71.9 Å². The average Bonchev–Trinajstić information content (AvgIpc) is 3.42. The summed E-state index contributed by atoms with van der Waals surface area (Å²) in [6.45, 7) is 6.05. The molecule has 0 saturated carbocycles. The molecule has 46 heavy (non-hydrogen) atoms. The molecule has 5 aromatic rings. The molecule has 7 heteroatoms. The van der Waals surface area contributed by atoms with Crippen LogP contribution in [0.2, 0.25) is 0 Å². The van der Waals surface area contributed by atoms with Crippen molar-refractivity contribution in [1.29, 1.82) is 0 Å². The molecule has 0 fully saturated rings. The molecular weight excluding hydrogens is 572 g/mol. The predicted octanol–water partition coefficient (Wildman–Crippen LogP) is 8.71. The zero-order chi connectivity index (χ0) is 32.3. The second-order valence-corrected chi connectivity index (χ2v) is 11.8. The Hall–Kier alpha value is -4.91. The topological polar surface area (TPSA) is 96.3 Å². The van der Waals surface area contributed by atoms with Crippen molar-refractivity contribution in [3.8, 4) is 11.1 Å². The Balaban J connectivity index is 1.39. The van der Waals surface area contributed by atoms with Crippen molar-refractivity contribution in [3.05, 3.63) is 119 Å². The van der Waals surface area contributed by atoms with Gasteiger partial charge in [0, 0.05) is 37.3 Å². The maximum atomic E-state index is 13.0. The SMILES string of the molecule is CCCCCCNC(=O)c1ccccc1CNc1ccc2nc(CCCC)n(Cc3ccc(-c4ccccc4)c(C(=O)O)c3)c2c1. The standard InChI is InChI=1S/C39H44N4O3/c1-3-5-7-13-23-40-38(44)33-17-12-11-16-30(33)26-41-31-20-22-35-36(25-31)43(37(42-35)18-6-4-2)27-28-19-21-32(34(24-28)39(45)46)29-14-9-8-10-15-29/h8-12,14-17,19-22,24-25,41H,3-7,13,18,23,26-27H2,1-2H3,(H,40,44)(H,45,46). The third kappa shape index (κ3) is 8.02. The minimum absolute atomic E-state index is 0.0398. The van der Waals surface area contributed by atoms with Crippen LogP contribution in [0.1, 0.15) is 90.0 Å². The molecule has 1 amide bonds. The molecule has 3 N–H and O–H groups in total. The first-order chi connectivity index (χ1) is 22.5. The van der Waals surface area contributed by atoms with E-state index in [2.05, 4.69) is 35.1 Å². The Morgan fingerprint density at radius 3 is 2.37 bits per heavy atom. The highest BCUT2D eigenvalue weighted by molar-refractivity contribution is 5.96. The number of fused-ring (bicyclic) bond motifs is 1. The van der Waals surface area contributed by atoms with Gasteiger partial charge in [-0.1, -0.05) is 100 Å². The average molecular weight is 617 g/mol. The molecule has 0 aliphatic rings.